The second-order valence-electron chi connectivity index (χ2n) is 6.19. The molecule has 0 aromatic carbocycles. The molecule has 25 heavy (non-hydrogen) atoms. The number of carbonyl (C=O) groups is 2. The molecule has 0 bridgehead atoms. The first-order valence-corrected chi connectivity index (χ1v) is 8.32. The highest BCUT2D eigenvalue weighted by Crippen LogP contribution is 2.18. The van der Waals surface area contributed by atoms with E-state index < -0.39 is 0 Å². The van der Waals surface area contributed by atoms with Crippen molar-refractivity contribution in [2.75, 3.05) is 13.2 Å². The molecular weight excluding hydrogens is 328 g/mol. The maximum absolute atomic E-state index is 12.3. The molecule has 1 saturated heterocycles. The van der Waals surface area contributed by atoms with Crippen molar-refractivity contribution in [3.63, 3.8) is 0 Å². The van der Waals surface area contributed by atoms with Gasteiger partial charge in [0, 0.05) is 25.0 Å². The maximum Gasteiger partial charge on any atom is 0.267 e. The summed E-state index contributed by atoms with van der Waals surface area (Å²) in [5.74, 6) is 0.247. The highest BCUT2D eigenvalue weighted by molar-refractivity contribution is 6.39. The largest absolute Gasteiger partial charge is 0.379 e. The topological polar surface area (TPSA) is 115 Å². The minimum absolute atomic E-state index is 0.176. The Morgan fingerprint density at radius 1 is 1.40 bits per heavy atom. The number of nitrogens with zero attached hydrogens (tertiary/aromatic N) is 2. The molecule has 0 radical (unpaired) electrons. The Labute approximate surface area is 145 Å². The number of hydrogen-bond acceptors (Lipinski definition) is 7. The molecular formula is C16H22N4O5. The van der Waals surface area contributed by atoms with Crippen molar-refractivity contribution < 1.29 is 23.6 Å². The molecule has 0 aliphatic carbocycles. The second-order valence-corrected chi connectivity index (χ2v) is 6.19. The lowest BCUT2D eigenvalue weighted by molar-refractivity contribution is -0.122. The Kier molecular flexibility index (Phi) is 5.44. The van der Waals surface area contributed by atoms with Crippen LogP contribution in [0.3, 0.4) is 0 Å². The van der Waals surface area contributed by atoms with Crippen LogP contribution >= 0.6 is 0 Å². The summed E-state index contributed by atoms with van der Waals surface area (Å²) in [7, 11) is 0. The van der Waals surface area contributed by atoms with Gasteiger partial charge >= 0.3 is 0 Å². The summed E-state index contributed by atoms with van der Waals surface area (Å²) in [4.78, 5) is 23.5. The van der Waals surface area contributed by atoms with Gasteiger partial charge in [-0.25, -0.2) is 5.43 Å². The molecule has 2 amide bonds. The van der Waals surface area contributed by atoms with Gasteiger partial charge < -0.3 is 19.3 Å². The van der Waals surface area contributed by atoms with E-state index in [4.69, 9.17) is 14.0 Å². The first kappa shape index (κ1) is 17.6. The van der Waals surface area contributed by atoms with Crippen LogP contribution in [0.15, 0.2) is 9.62 Å². The number of carbonyl (C=O) groups excluding carboxylic acids is 2. The highest BCUT2D eigenvalue weighted by Gasteiger charge is 2.30. The average molecular weight is 350 g/mol. The number of nitrogens with one attached hydrogen (secondary N) is 2. The molecule has 3 heterocycles. The average Bonchev–Trinajstić information content (AvgIpc) is 2.93. The van der Waals surface area contributed by atoms with E-state index >= 15 is 0 Å². The zero-order chi connectivity index (χ0) is 17.8. The van der Waals surface area contributed by atoms with E-state index in [-0.39, 0.29) is 30.4 Å². The number of hydrazone groups is 1. The number of hydrogen-bond donors (Lipinski definition) is 2. The second kappa shape index (κ2) is 7.75. The van der Waals surface area contributed by atoms with Crippen LogP contribution in [0.25, 0.3) is 0 Å². The van der Waals surface area contributed by atoms with Gasteiger partial charge in [-0.1, -0.05) is 5.16 Å². The summed E-state index contributed by atoms with van der Waals surface area (Å²) in [5, 5.41) is 10.6. The van der Waals surface area contributed by atoms with Crippen molar-refractivity contribution in [2.24, 2.45) is 5.10 Å². The molecule has 2 aliphatic rings. The molecule has 2 atom stereocenters. The summed E-state index contributed by atoms with van der Waals surface area (Å²) < 4.78 is 16.6. The van der Waals surface area contributed by atoms with Crippen molar-refractivity contribution >= 4 is 17.5 Å². The Hall–Kier alpha value is -2.26. The van der Waals surface area contributed by atoms with Gasteiger partial charge in [-0.3, -0.25) is 9.59 Å². The highest BCUT2D eigenvalue weighted by atomic mass is 16.5. The predicted octanol–water partition coefficient (Wildman–Crippen LogP) is 0.348. The molecule has 2 aliphatic heterocycles. The molecule has 1 aromatic rings. The zero-order valence-corrected chi connectivity index (χ0v) is 14.3. The van der Waals surface area contributed by atoms with E-state index in [1.54, 1.807) is 0 Å². The van der Waals surface area contributed by atoms with E-state index in [1.807, 2.05) is 13.8 Å². The quantitative estimate of drug-likeness (QED) is 0.792. The standard InChI is InChI=1S/C16H22N4O5/c1-9-11(10(2)25-20-9)7-24-14-5-6-23-8-13(14)17-16(22)12-3-4-15(21)19-18-12/h13-14H,3-8H2,1-2H3,(H,17,22)(H,19,21)/t13-,14+/m1/s1. The first-order valence-electron chi connectivity index (χ1n) is 8.32. The van der Waals surface area contributed by atoms with Crippen LogP contribution in [0.5, 0.6) is 0 Å². The third kappa shape index (κ3) is 4.23. The van der Waals surface area contributed by atoms with Gasteiger partial charge in [-0.15, -0.1) is 0 Å². The molecule has 136 valence electrons. The van der Waals surface area contributed by atoms with Crippen LogP contribution < -0.4 is 10.7 Å². The van der Waals surface area contributed by atoms with Crippen molar-refractivity contribution in [2.45, 2.75) is 51.9 Å². The summed E-state index contributed by atoms with van der Waals surface area (Å²) in [5.41, 5.74) is 4.37. The SMILES string of the molecule is Cc1noc(C)c1CO[C@H]1CCOC[C@H]1NC(=O)C1=NNC(=O)CC1. The van der Waals surface area contributed by atoms with Crippen LogP contribution in [0, 0.1) is 13.8 Å². The Balaban J connectivity index is 1.59. The van der Waals surface area contributed by atoms with Crippen LogP contribution in [0.1, 0.15) is 36.3 Å². The molecule has 1 fully saturated rings. The number of aromatic nitrogens is 1. The molecule has 0 saturated carbocycles. The molecule has 9 nitrogen and oxygen atoms in total. The Morgan fingerprint density at radius 2 is 2.24 bits per heavy atom. The van der Waals surface area contributed by atoms with E-state index in [0.717, 1.165) is 17.0 Å². The van der Waals surface area contributed by atoms with Gasteiger partial charge in [-0.2, -0.15) is 5.10 Å². The Bertz CT molecular complexity index is 665. The minimum Gasteiger partial charge on any atom is -0.379 e. The smallest absolute Gasteiger partial charge is 0.267 e. The van der Waals surface area contributed by atoms with E-state index in [9.17, 15) is 9.59 Å². The number of aryl methyl sites for hydroxylation is 2. The zero-order valence-electron chi connectivity index (χ0n) is 14.3. The molecule has 2 N–H and O–H groups in total. The summed E-state index contributed by atoms with van der Waals surface area (Å²) in [6.45, 7) is 5.04. The number of ether oxygens (including phenoxy) is 2. The fourth-order valence-electron chi connectivity index (χ4n) is 2.84. The lowest BCUT2D eigenvalue weighted by atomic mass is 10.1. The number of amides is 2. The van der Waals surface area contributed by atoms with Crippen molar-refractivity contribution in [3.8, 4) is 0 Å². The fourth-order valence-corrected chi connectivity index (χ4v) is 2.84. The third-order valence-corrected chi connectivity index (χ3v) is 4.40. The van der Waals surface area contributed by atoms with Gasteiger partial charge in [-0.05, 0) is 20.3 Å². The van der Waals surface area contributed by atoms with Gasteiger partial charge in [0.15, 0.2) is 0 Å². The lowest BCUT2D eigenvalue weighted by Gasteiger charge is -2.32. The van der Waals surface area contributed by atoms with Crippen molar-refractivity contribution in [1.82, 2.24) is 15.9 Å². The maximum atomic E-state index is 12.3. The van der Waals surface area contributed by atoms with Crippen molar-refractivity contribution in [3.05, 3.63) is 17.0 Å². The number of rotatable bonds is 5. The van der Waals surface area contributed by atoms with E-state index in [1.165, 1.54) is 0 Å². The molecule has 0 spiro atoms. The predicted molar refractivity (Wildman–Crippen MR) is 86.7 cm³/mol. The summed E-state index contributed by atoms with van der Waals surface area (Å²) in [6.07, 6.45) is 1.09. The van der Waals surface area contributed by atoms with Gasteiger partial charge in [0.1, 0.15) is 11.5 Å². The third-order valence-electron chi connectivity index (χ3n) is 4.40. The lowest BCUT2D eigenvalue weighted by Crippen LogP contribution is -2.52. The monoisotopic (exact) mass is 350 g/mol. The molecule has 1 aromatic heterocycles. The fraction of sp³-hybridized carbons (Fsp3) is 0.625. The van der Waals surface area contributed by atoms with E-state index in [2.05, 4.69) is 21.0 Å². The van der Waals surface area contributed by atoms with Gasteiger partial charge in [0.2, 0.25) is 5.91 Å². The van der Waals surface area contributed by atoms with E-state index in [0.29, 0.717) is 38.4 Å². The summed E-state index contributed by atoms with van der Waals surface area (Å²) >= 11 is 0. The Morgan fingerprint density at radius 3 is 2.92 bits per heavy atom. The first-order chi connectivity index (χ1) is 12.0. The normalized spacial score (nSPS) is 23.8. The molecule has 9 heteroatoms. The summed E-state index contributed by atoms with van der Waals surface area (Å²) in [6, 6.07) is -0.276. The molecule has 0 unspecified atom stereocenters. The van der Waals surface area contributed by atoms with Gasteiger partial charge in [0.25, 0.3) is 5.91 Å². The van der Waals surface area contributed by atoms with Crippen LogP contribution in [-0.4, -0.2) is 48.0 Å². The minimum atomic E-state index is -0.304. The van der Waals surface area contributed by atoms with Gasteiger partial charge in [0.05, 0.1) is 31.1 Å². The van der Waals surface area contributed by atoms with Crippen LogP contribution in [0.4, 0.5) is 0 Å². The van der Waals surface area contributed by atoms with Crippen LogP contribution in [-0.2, 0) is 25.7 Å². The van der Waals surface area contributed by atoms with Crippen LogP contribution in [0.2, 0.25) is 0 Å². The molecule has 3 rings (SSSR count). The van der Waals surface area contributed by atoms with Crippen molar-refractivity contribution in [1.29, 1.82) is 0 Å².